The van der Waals surface area contributed by atoms with E-state index < -0.39 is 0 Å². The van der Waals surface area contributed by atoms with E-state index in [-0.39, 0.29) is 72.7 Å². The first-order valence-electron chi connectivity index (χ1n) is 13.9. The van der Waals surface area contributed by atoms with Gasteiger partial charge in [0.2, 0.25) is 0 Å². The first kappa shape index (κ1) is 33.6. The predicted molar refractivity (Wildman–Crippen MR) is 152 cm³/mol. The van der Waals surface area contributed by atoms with Crippen LogP contribution in [0.15, 0.2) is 59.2 Å². The average molecular weight is 629 g/mol. The smallest absolute Gasteiger partial charge is 1.00 e. The summed E-state index contributed by atoms with van der Waals surface area (Å²) in [6, 6.07) is 14.8. The molecule has 0 saturated heterocycles. The van der Waals surface area contributed by atoms with Crippen LogP contribution in [0.2, 0.25) is 0 Å². The standard InChI is InChI=1S/C35H46.2ClH.Zr/c1-11-35(17-16-22-18-25(21-30(22)35)34(8,9)10)31-28-19-23(32(2,3)4)12-14-26(28)27-15-13-24(20-29(27)31)33(5,6)7;;;/h12-15,19-21,31H,11,16-18H2,1-10H3;2*1H;/q;;;+2/p-2. The van der Waals surface area contributed by atoms with Crippen LogP contribution in [0, 0.1) is 10.8 Å². The van der Waals surface area contributed by atoms with Gasteiger partial charge < -0.3 is 24.8 Å². The molecular formula is C35H46Cl2Zr. The summed E-state index contributed by atoms with van der Waals surface area (Å²) in [5.74, 6) is 0.435. The van der Waals surface area contributed by atoms with Crippen molar-refractivity contribution >= 4 is 0 Å². The Morgan fingerprint density at radius 2 is 1.21 bits per heavy atom. The second-order valence-corrected chi connectivity index (χ2v) is 14.7. The van der Waals surface area contributed by atoms with E-state index in [4.69, 9.17) is 0 Å². The summed E-state index contributed by atoms with van der Waals surface area (Å²) in [7, 11) is 0. The molecule has 0 fully saturated rings. The molecule has 0 amide bonds. The Balaban J connectivity index is 0.00000169. The molecule has 0 bridgehead atoms. The Labute approximate surface area is 264 Å². The van der Waals surface area contributed by atoms with Crippen molar-refractivity contribution in [1.29, 1.82) is 0 Å². The van der Waals surface area contributed by atoms with Gasteiger partial charge in [0.25, 0.3) is 0 Å². The molecule has 0 N–H and O–H groups in total. The van der Waals surface area contributed by atoms with Gasteiger partial charge in [0.1, 0.15) is 0 Å². The first-order chi connectivity index (χ1) is 16.2. The molecule has 38 heavy (non-hydrogen) atoms. The van der Waals surface area contributed by atoms with Crippen LogP contribution < -0.4 is 24.8 Å². The monoisotopic (exact) mass is 626 g/mol. The fourth-order valence-electron chi connectivity index (χ4n) is 7.02. The number of rotatable bonds is 2. The summed E-state index contributed by atoms with van der Waals surface area (Å²) in [6.45, 7) is 23.7. The molecule has 2 aromatic rings. The van der Waals surface area contributed by atoms with Crippen molar-refractivity contribution < 1.29 is 51.0 Å². The van der Waals surface area contributed by atoms with E-state index in [9.17, 15) is 0 Å². The van der Waals surface area contributed by atoms with E-state index in [2.05, 4.69) is 112 Å². The molecule has 0 saturated carbocycles. The third-order valence-electron chi connectivity index (χ3n) is 9.41. The molecule has 3 heteroatoms. The van der Waals surface area contributed by atoms with Crippen LogP contribution in [-0.4, -0.2) is 0 Å². The van der Waals surface area contributed by atoms with Gasteiger partial charge in [-0.1, -0.05) is 123 Å². The summed E-state index contributed by atoms with van der Waals surface area (Å²) in [5.41, 5.74) is 14.8. The van der Waals surface area contributed by atoms with Crippen molar-refractivity contribution in [2.24, 2.45) is 10.8 Å². The number of halogens is 2. The van der Waals surface area contributed by atoms with E-state index in [1.54, 1.807) is 27.8 Å². The Hall–Kier alpha value is -0.617. The van der Waals surface area contributed by atoms with Gasteiger partial charge in [-0.05, 0) is 80.9 Å². The fraction of sp³-hybridized carbons (Fsp3) is 0.543. The van der Waals surface area contributed by atoms with Gasteiger partial charge in [-0.3, -0.25) is 0 Å². The average Bonchev–Trinajstić information content (AvgIpc) is 3.42. The zero-order valence-electron chi connectivity index (χ0n) is 25.2. The Morgan fingerprint density at radius 1 is 0.737 bits per heavy atom. The maximum Gasteiger partial charge on any atom is 2.00 e. The van der Waals surface area contributed by atoms with Crippen LogP contribution >= 0.6 is 0 Å². The molecule has 1 unspecified atom stereocenters. The largest absolute Gasteiger partial charge is 2.00 e. The molecule has 0 heterocycles. The minimum atomic E-state index is 0. The Bertz CT molecular complexity index is 1200. The van der Waals surface area contributed by atoms with Crippen LogP contribution in [-0.2, 0) is 37.0 Å². The Morgan fingerprint density at radius 3 is 1.61 bits per heavy atom. The van der Waals surface area contributed by atoms with Gasteiger partial charge in [0, 0.05) is 11.3 Å². The van der Waals surface area contributed by atoms with E-state index in [1.165, 1.54) is 47.9 Å². The third-order valence-corrected chi connectivity index (χ3v) is 9.41. The molecule has 0 spiro atoms. The summed E-state index contributed by atoms with van der Waals surface area (Å²) in [5, 5.41) is 0. The molecule has 1 atom stereocenters. The van der Waals surface area contributed by atoms with Crippen LogP contribution in [0.25, 0.3) is 11.1 Å². The minimum absolute atomic E-state index is 0. The van der Waals surface area contributed by atoms with E-state index in [1.807, 2.05) is 0 Å². The summed E-state index contributed by atoms with van der Waals surface area (Å²) >= 11 is 0. The zero-order valence-corrected chi connectivity index (χ0v) is 29.2. The normalized spacial score (nSPS) is 20.6. The topological polar surface area (TPSA) is 0 Å². The second-order valence-electron chi connectivity index (χ2n) is 14.7. The third kappa shape index (κ3) is 5.35. The quantitative estimate of drug-likeness (QED) is 0.467. The SMILES string of the molecule is CCC1(C2c3cc(C(C)(C)C)ccc3-c3ccc(C(C)(C)C)cc32)CCC2=C1C=C(C(C)(C)C)C2.[Cl-].[Cl-].[Zr+2]. The summed E-state index contributed by atoms with van der Waals surface area (Å²) in [4.78, 5) is 0. The van der Waals surface area contributed by atoms with Gasteiger partial charge in [0.05, 0.1) is 0 Å². The van der Waals surface area contributed by atoms with Crippen molar-refractivity contribution in [3.63, 3.8) is 0 Å². The van der Waals surface area contributed by atoms with Gasteiger partial charge >= 0.3 is 26.2 Å². The maximum absolute atomic E-state index is 2.64. The van der Waals surface area contributed by atoms with Gasteiger partial charge in [-0.25, -0.2) is 0 Å². The summed E-state index contributed by atoms with van der Waals surface area (Å²) < 4.78 is 0. The molecule has 3 aliphatic rings. The zero-order chi connectivity index (χ0) is 25.6. The minimum Gasteiger partial charge on any atom is -1.00 e. The molecular weight excluding hydrogens is 583 g/mol. The molecule has 0 nitrogen and oxygen atoms in total. The number of allylic oxidation sites excluding steroid dienone is 4. The molecule has 0 aromatic heterocycles. The molecule has 204 valence electrons. The van der Waals surface area contributed by atoms with Crippen molar-refractivity contribution in [3.8, 4) is 11.1 Å². The van der Waals surface area contributed by atoms with Crippen LogP contribution in [0.4, 0.5) is 0 Å². The van der Waals surface area contributed by atoms with E-state index in [0.29, 0.717) is 5.92 Å². The van der Waals surface area contributed by atoms with Crippen molar-refractivity contribution in [2.75, 3.05) is 0 Å². The van der Waals surface area contributed by atoms with Gasteiger partial charge in [-0.15, -0.1) is 0 Å². The molecule has 0 aliphatic heterocycles. The number of benzene rings is 2. The number of hydrogen-bond donors (Lipinski definition) is 0. The molecule has 0 radical (unpaired) electrons. The maximum atomic E-state index is 2.64. The van der Waals surface area contributed by atoms with Crippen molar-refractivity contribution in [1.82, 2.24) is 0 Å². The molecule has 2 aromatic carbocycles. The first-order valence-corrected chi connectivity index (χ1v) is 13.9. The van der Waals surface area contributed by atoms with Crippen LogP contribution in [0.1, 0.15) is 123 Å². The second kappa shape index (κ2) is 11.0. The summed E-state index contributed by atoms with van der Waals surface area (Å²) in [6.07, 6.45) is 7.58. The van der Waals surface area contributed by atoms with E-state index in [0.717, 1.165) is 0 Å². The predicted octanol–water partition coefficient (Wildman–Crippen LogP) is 4.26. The van der Waals surface area contributed by atoms with Crippen LogP contribution in [0.3, 0.4) is 0 Å². The number of hydrogen-bond acceptors (Lipinski definition) is 0. The Kier molecular flexibility index (Phi) is 9.71. The van der Waals surface area contributed by atoms with E-state index >= 15 is 0 Å². The fourth-order valence-corrected chi connectivity index (χ4v) is 7.02. The molecule has 5 rings (SSSR count). The molecule has 3 aliphatic carbocycles. The van der Waals surface area contributed by atoms with Crippen molar-refractivity contribution in [3.05, 3.63) is 81.4 Å². The van der Waals surface area contributed by atoms with Gasteiger partial charge in [0.15, 0.2) is 0 Å². The van der Waals surface area contributed by atoms with Crippen molar-refractivity contribution in [2.45, 2.75) is 112 Å². The number of fused-ring (bicyclic) bond motifs is 3. The van der Waals surface area contributed by atoms with Crippen LogP contribution in [0.5, 0.6) is 0 Å². The van der Waals surface area contributed by atoms with Gasteiger partial charge in [-0.2, -0.15) is 0 Å².